The van der Waals surface area contributed by atoms with Crippen molar-refractivity contribution in [2.24, 2.45) is 56.7 Å². The van der Waals surface area contributed by atoms with Crippen LogP contribution in [0, 0.1) is 56.7 Å². The maximum absolute atomic E-state index is 14.5. The van der Waals surface area contributed by atoms with E-state index in [0.29, 0.717) is 48.1 Å². The molecule has 7 heteroatoms. The Morgan fingerprint density at radius 1 is 0.900 bits per heavy atom. The van der Waals surface area contributed by atoms with Gasteiger partial charge < -0.3 is 20.5 Å². The molecule has 5 saturated carbocycles. The van der Waals surface area contributed by atoms with E-state index in [2.05, 4.69) is 58.8 Å². The highest BCUT2D eigenvalue weighted by Crippen LogP contribution is 2.77. The number of benzene rings is 1. The fourth-order valence-electron chi connectivity index (χ4n) is 13.4. The number of fused-ring (bicyclic) bond motifs is 7. The van der Waals surface area contributed by atoms with Gasteiger partial charge in [-0.2, -0.15) is 0 Å². The Balaban J connectivity index is 1.18. The maximum Gasteiger partial charge on any atom is 0.325 e. The van der Waals surface area contributed by atoms with Crippen LogP contribution >= 0.6 is 0 Å². The number of carbonyl (C=O) groups excluding carboxylic acids is 3. The first-order chi connectivity index (χ1) is 23.5. The third kappa shape index (κ3) is 5.76. The Morgan fingerprint density at radius 3 is 2.38 bits per heavy atom. The van der Waals surface area contributed by atoms with Crippen LogP contribution < -0.4 is 10.6 Å². The summed E-state index contributed by atoms with van der Waals surface area (Å²) in [4.78, 5) is 38.9. The summed E-state index contributed by atoms with van der Waals surface area (Å²) in [6.45, 7) is 21.5. The monoisotopic (exact) mass is 688 g/mol. The van der Waals surface area contributed by atoms with Crippen LogP contribution in [0.25, 0.3) is 0 Å². The number of amides is 2. The summed E-state index contributed by atoms with van der Waals surface area (Å²) < 4.78 is 4.92. The van der Waals surface area contributed by atoms with E-state index in [9.17, 15) is 19.5 Å². The van der Waals surface area contributed by atoms with Gasteiger partial charge >= 0.3 is 5.97 Å². The van der Waals surface area contributed by atoms with Crippen LogP contribution in [0.15, 0.2) is 36.4 Å². The minimum absolute atomic E-state index is 0.0553. The van der Waals surface area contributed by atoms with Gasteiger partial charge in [-0.1, -0.05) is 58.9 Å². The van der Waals surface area contributed by atoms with Crippen LogP contribution in [-0.4, -0.2) is 48.7 Å². The quantitative estimate of drug-likeness (QED) is 0.183. The predicted octanol–water partition coefficient (Wildman–Crippen LogP) is 7.66. The molecule has 2 amide bonds. The van der Waals surface area contributed by atoms with Crippen LogP contribution in [0.2, 0.25) is 0 Å². The van der Waals surface area contributed by atoms with Gasteiger partial charge in [-0.15, -0.1) is 0 Å². The molecule has 0 bridgehead atoms. The van der Waals surface area contributed by atoms with E-state index < -0.39 is 5.97 Å². The highest BCUT2D eigenvalue weighted by atomic mass is 16.5. The molecule has 0 saturated heterocycles. The van der Waals surface area contributed by atoms with Crippen molar-refractivity contribution in [3.05, 3.63) is 47.5 Å². The number of hydrogen-bond acceptors (Lipinski definition) is 5. The lowest BCUT2D eigenvalue weighted by Crippen LogP contribution is -2.67. The van der Waals surface area contributed by atoms with Gasteiger partial charge in [0.15, 0.2) is 0 Å². The molecule has 7 nitrogen and oxygen atoms in total. The Kier molecular flexibility index (Phi) is 9.93. The first-order valence-corrected chi connectivity index (χ1v) is 19.7. The second-order valence-corrected chi connectivity index (χ2v) is 18.4. The summed E-state index contributed by atoms with van der Waals surface area (Å²) in [5.74, 6) is 1.77. The molecule has 5 aliphatic carbocycles. The summed E-state index contributed by atoms with van der Waals surface area (Å²) in [5, 5.41) is 17.1. The molecule has 9 unspecified atom stereocenters. The van der Waals surface area contributed by atoms with Gasteiger partial charge in [-0.05, 0) is 153 Å². The first-order valence-electron chi connectivity index (χ1n) is 19.7. The van der Waals surface area contributed by atoms with Crippen molar-refractivity contribution in [3.63, 3.8) is 0 Å². The molecule has 0 aromatic heterocycles. The molecule has 0 heterocycles. The summed E-state index contributed by atoms with van der Waals surface area (Å²) in [5.41, 5.74) is 2.87. The molecule has 5 aliphatic rings. The number of nitrogens with one attached hydrogen (secondary N) is 2. The van der Waals surface area contributed by atoms with E-state index in [-0.39, 0.29) is 58.1 Å². The summed E-state index contributed by atoms with van der Waals surface area (Å²) >= 11 is 0. The second kappa shape index (κ2) is 13.4. The largest absolute Gasteiger partial charge is 0.465 e. The van der Waals surface area contributed by atoms with Crippen LogP contribution in [-0.2, 0) is 20.7 Å². The van der Waals surface area contributed by atoms with Gasteiger partial charge in [0, 0.05) is 12.1 Å². The maximum atomic E-state index is 14.5. The van der Waals surface area contributed by atoms with Gasteiger partial charge in [0.1, 0.15) is 6.54 Å². The smallest absolute Gasteiger partial charge is 0.325 e. The van der Waals surface area contributed by atoms with Crippen molar-refractivity contribution in [2.75, 3.05) is 19.7 Å². The van der Waals surface area contributed by atoms with Crippen molar-refractivity contribution in [1.29, 1.82) is 0 Å². The second-order valence-electron chi connectivity index (χ2n) is 18.4. The van der Waals surface area contributed by atoms with E-state index in [4.69, 9.17) is 4.74 Å². The van der Waals surface area contributed by atoms with Gasteiger partial charge in [0.05, 0.1) is 18.1 Å². The van der Waals surface area contributed by atoms with E-state index in [0.717, 1.165) is 44.1 Å². The molecule has 0 radical (unpaired) electrons. The predicted molar refractivity (Wildman–Crippen MR) is 197 cm³/mol. The average Bonchev–Trinajstić information content (AvgIpc) is 3.47. The summed E-state index contributed by atoms with van der Waals surface area (Å²) in [6.07, 6.45) is 11.2. The van der Waals surface area contributed by atoms with Crippen molar-refractivity contribution >= 4 is 17.8 Å². The number of allylic oxidation sites excluding steroid dienone is 1. The fourth-order valence-corrected chi connectivity index (χ4v) is 13.4. The molecule has 276 valence electrons. The molecule has 5 fully saturated rings. The zero-order valence-corrected chi connectivity index (χ0v) is 32.0. The molecule has 0 spiro atoms. The molecule has 3 N–H and O–H groups in total. The molecular formula is C43H64N2O5. The van der Waals surface area contributed by atoms with Gasteiger partial charge in [-0.25, -0.2) is 0 Å². The number of aliphatic hydroxyl groups excluding tert-OH is 1. The highest BCUT2D eigenvalue weighted by Gasteiger charge is 2.71. The SMILES string of the molecule is C=C(C)C1CCC2(C(=O)NCCc3cccc(C(=O)NCC(=O)OCC)c3)CC[C@]3(C)C(CCC4C5(C)CCC(O)C(C)(C)C5CCC43C)C12. The highest BCUT2D eigenvalue weighted by molar-refractivity contribution is 5.96. The number of ether oxygens (including phenoxy) is 1. The molecule has 1 aromatic rings. The van der Waals surface area contributed by atoms with Gasteiger partial charge in [-0.3, -0.25) is 14.4 Å². The van der Waals surface area contributed by atoms with Crippen molar-refractivity contribution < 1.29 is 24.2 Å². The van der Waals surface area contributed by atoms with Crippen molar-refractivity contribution in [1.82, 2.24) is 10.6 Å². The Morgan fingerprint density at radius 2 is 1.66 bits per heavy atom. The number of aliphatic hydroxyl groups is 1. The van der Waals surface area contributed by atoms with Crippen LogP contribution in [0.4, 0.5) is 0 Å². The molecule has 0 aliphatic heterocycles. The zero-order chi connectivity index (χ0) is 36.3. The van der Waals surface area contributed by atoms with Crippen molar-refractivity contribution in [2.45, 2.75) is 125 Å². The number of rotatable bonds is 9. The zero-order valence-electron chi connectivity index (χ0n) is 32.0. The minimum Gasteiger partial charge on any atom is -0.465 e. The van der Waals surface area contributed by atoms with Crippen molar-refractivity contribution in [3.8, 4) is 0 Å². The summed E-state index contributed by atoms with van der Waals surface area (Å²) in [6, 6.07) is 7.41. The van der Waals surface area contributed by atoms with Gasteiger partial charge in [0.2, 0.25) is 5.91 Å². The molecule has 1 aromatic carbocycles. The van der Waals surface area contributed by atoms with Crippen LogP contribution in [0.5, 0.6) is 0 Å². The number of hydrogen-bond donors (Lipinski definition) is 3. The van der Waals surface area contributed by atoms with E-state index in [1.54, 1.807) is 13.0 Å². The average molecular weight is 689 g/mol. The molecule has 50 heavy (non-hydrogen) atoms. The minimum atomic E-state index is -0.459. The van der Waals surface area contributed by atoms with Gasteiger partial charge in [0.25, 0.3) is 5.91 Å². The fraction of sp³-hybridized carbons (Fsp3) is 0.744. The third-order valence-electron chi connectivity index (χ3n) is 16.1. The third-order valence-corrected chi connectivity index (χ3v) is 16.1. The lowest BCUT2D eigenvalue weighted by molar-refractivity contribution is -0.246. The van der Waals surface area contributed by atoms with E-state index in [1.807, 2.05) is 18.2 Å². The number of esters is 1. The van der Waals surface area contributed by atoms with Crippen LogP contribution in [0.1, 0.15) is 129 Å². The topological polar surface area (TPSA) is 105 Å². The number of carbonyl (C=O) groups is 3. The van der Waals surface area contributed by atoms with Crippen LogP contribution in [0.3, 0.4) is 0 Å². The lowest BCUT2D eigenvalue weighted by Gasteiger charge is -2.72. The molecular weight excluding hydrogens is 624 g/mol. The Labute approximate surface area is 301 Å². The first kappa shape index (κ1) is 37.1. The Bertz CT molecular complexity index is 1500. The Hall–Kier alpha value is -2.67. The summed E-state index contributed by atoms with van der Waals surface area (Å²) in [7, 11) is 0. The normalized spacial score (nSPS) is 39.9. The van der Waals surface area contributed by atoms with E-state index in [1.165, 1.54) is 31.3 Å². The standard InChI is InChI=1S/C43H64N2O5/c1-9-50-35(47)26-45-37(48)29-12-10-11-28(25-29)18-24-44-38(49)43-21-15-30(27(2)3)36(43)31-13-14-33-40(6)19-17-34(46)39(4,5)32(40)16-20-42(33,8)41(31,7)22-23-43/h10-12,25,30-34,36,46H,2,9,13-24,26H2,1,3-8H3,(H,44,49)(H,45,48)/t30?,31?,32?,33?,34?,36?,40?,41-,42?,43?/m1/s1. The lowest BCUT2D eigenvalue weighted by atomic mass is 9.32. The molecule has 10 atom stereocenters. The molecule has 6 rings (SSSR count). The van der Waals surface area contributed by atoms with E-state index >= 15 is 0 Å².